The lowest BCUT2D eigenvalue weighted by atomic mass is 9.39. The van der Waals surface area contributed by atoms with Crippen LogP contribution < -0.4 is 14.2 Å². The minimum Gasteiger partial charge on any atom is -0.496 e. The molecule has 1 spiro atoms. The van der Waals surface area contributed by atoms with Gasteiger partial charge in [-0.25, -0.2) is 4.79 Å². The van der Waals surface area contributed by atoms with Crippen LogP contribution in [0.2, 0.25) is 0 Å². The second kappa shape index (κ2) is 10.3. The van der Waals surface area contributed by atoms with E-state index in [1.807, 2.05) is 12.1 Å². The van der Waals surface area contributed by atoms with Crippen molar-refractivity contribution in [1.29, 1.82) is 0 Å². The zero-order valence-corrected chi connectivity index (χ0v) is 24.4. The van der Waals surface area contributed by atoms with Crippen LogP contribution in [0.4, 0.5) is 0 Å². The van der Waals surface area contributed by atoms with Gasteiger partial charge in [-0.3, -0.25) is 4.79 Å². The highest BCUT2D eigenvalue weighted by atomic mass is 16.5. The van der Waals surface area contributed by atoms with Gasteiger partial charge in [-0.1, -0.05) is 45.4 Å². The fraction of sp³-hybridized carbons (Fsp3) is 0.636. The monoisotopic (exact) mass is 536 g/mol. The number of rotatable bonds is 6. The number of benzene rings is 1. The van der Waals surface area contributed by atoms with E-state index in [0.29, 0.717) is 54.8 Å². The Balaban J connectivity index is 1.70. The molecule has 6 nitrogen and oxygen atoms in total. The van der Waals surface area contributed by atoms with E-state index >= 15 is 0 Å². The molecule has 1 saturated heterocycles. The van der Waals surface area contributed by atoms with Gasteiger partial charge >= 0.3 is 5.97 Å². The third-order valence-corrected chi connectivity index (χ3v) is 10.7. The van der Waals surface area contributed by atoms with Gasteiger partial charge in [0, 0.05) is 41.4 Å². The molecule has 0 radical (unpaired) electrons. The van der Waals surface area contributed by atoms with Crippen LogP contribution in [0.5, 0.6) is 17.2 Å². The van der Waals surface area contributed by atoms with Crippen LogP contribution in [0.25, 0.3) is 0 Å². The molecule has 5 atom stereocenters. The van der Waals surface area contributed by atoms with Crippen molar-refractivity contribution in [2.45, 2.75) is 78.1 Å². The number of cyclic esters (lactones) is 1. The minimum atomic E-state index is -0.611. The first-order valence-electron chi connectivity index (χ1n) is 14.5. The number of Topliss-reactive ketones (excluding diaryl/α,β-unsaturated/α-hetero) is 1. The van der Waals surface area contributed by atoms with E-state index in [-0.39, 0.29) is 28.6 Å². The van der Waals surface area contributed by atoms with Crippen molar-refractivity contribution in [3.63, 3.8) is 0 Å². The zero-order chi connectivity index (χ0) is 28.0. The summed E-state index contributed by atoms with van der Waals surface area (Å²) < 4.78 is 22.5. The van der Waals surface area contributed by atoms with Crippen molar-refractivity contribution in [3.8, 4) is 17.2 Å². The van der Waals surface area contributed by atoms with Gasteiger partial charge < -0.3 is 18.9 Å². The van der Waals surface area contributed by atoms with Gasteiger partial charge in [-0.15, -0.1) is 0 Å². The Morgan fingerprint density at radius 2 is 1.69 bits per heavy atom. The van der Waals surface area contributed by atoms with Crippen molar-refractivity contribution in [2.75, 3.05) is 27.9 Å². The Bertz CT molecular complexity index is 1190. The molecule has 0 N–H and O–H groups in total. The summed E-state index contributed by atoms with van der Waals surface area (Å²) in [6, 6.07) is 3.87. The molecule has 0 bridgehead atoms. The number of fused-ring (bicyclic) bond motifs is 1. The van der Waals surface area contributed by atoms with Gasteiger partial charge in [0.25, 0.3) is 0 Å². The predicted molar refractivity (Wildman–Crippen MR) is 150 cm³/mol. The molecule has 1 heterocycles. The van der Waals surface area contributed by atoms with E-state index in [9.17, 15) is 9.59 Å². The topological polar surface area (TPSA) is 71.1 Å². The van der Waals surface area contributed by atoms with Gasteiger partial charge in [0.15, 0.2) is 11.5 Å². The van der Waals surface area contributed by atoms with Crippen molar-refractivity contribution in [1.82, 2.24) is 0 Å². The van der Waals surface area contributed by atoms with E-state index in [0.717, 1.165) is 43.2 Å². The summed E-state index contributed by atoms with van der Waals surface area (Å²) in [7, 11) is 4.92. The third-order valence-electron chi connectivity index (χ3n) is 10.7. The first-order valence-corrected chi connectivity index (χ1v) is 14.5. The van der Waals surface area contributed by atoms with Crippen LogP contribution in [0, 0.1) is 28.1 Å². The van der Waals surface area contributed by atoms with Gasteiger partial charge in [-0.2, -0.15) is 0 Å². The zero-order valence-electron chi connectivity index (χ0n) is 24.4. The van der Waals surface area contributed by atoms with Crippen LogP contribution in [-0.2, 0) is 14.3 Å². The van der Waals surface area contributed by atoms with Crippen molar-refractivity contribution >= 4 is 11.8 Å². The molecular weight excluding hydrogens is 492 g/mol. The van der Waals surface area contributed by atoms with Gasteiger partial charge in [0.05, 0.1) is 27.9 Å². The average molecular weight is 537 g/mol. The number of esters is 1. The molecule has 3 fully saturated rings. The first-order chi connectivity index (χ1) is 18.6. The Labute approximate surface area is 233 Å². The van der Waals surface area contributed by atoms with E-state index in [4.69, 9.17) is 18.9 Å². The summed E-state index contributed by atoms with van der Waals surface area (Å²) in [6.45, 7) is 7.57. The van der Waals surface area contributed by atoms with Gasteiger partial charge in [0.2, 0.25) is 0 Å². The molecule has 0 aromatic heterocycles. The number of ether oxygens (including phenoxy) is 4. The minimum absolute atomic E-state index is 0.0392. The Morgan fingerprint density at radius 3 is 2.36 bits per heavy atom. The molecule has 4 aliphatic rings. The second-order valence-corrected chi connectivity index (χ2v) is 12.9. The lowest BCUT2D eigenvalue weighted by molar-refractivity contribution is -0.169. The molecule has 0 unspecified atom stereocenters. The third kappa shape index (κ3) is 4.38. The SMILES string of the molecule is COc1cc(OC)c([C@@H]2C=CCC[C@]23C(=O)C[C@H]2C(C)(C)CCC[C@]2(C)[C@H]3C/C=C2\CCOC2=O)cc1OC. The summed E-state index contributed by atoms with van der Waals surface area (Å²) in [4.78, 5) is 27.2. The van der Waals surface area contributed by atoms with Gasteiger partial charge in [-0.05, 0) is 60.8 Å². The molecule has 5 rings (SSSR count). The highest BCUT2D eigenvalue weighted by molar-refractivity contribution is 5.91. The largest absolute Gasteiger partial charge is 0.496 e. The predicted octanol–water partition coefficient (Wildman–Crippen LogP) is 6.82. The fourth-order valence-electron chi connectivity index (χ4n) is 8.89. The lowest BCUT2D eigenvalue weighted by Crippen LogP contribution is -2.61. The summed E-state index contributed by atoms with van der Waals surface area (Å²) in [5.41, 5.74) is 1.14. The standard InChI is InChI=1S/C33H44O6/c1-31(2)14-9-15-32(3)27(12-11-21-13-17-39-30(21)35)33(29(34)20-28(31)32)16-8-7-10-23(33)22-18-25(37-5)26(38-6)19-24(22)36-4/h7,10-11,18-19,23,27-28H,8-9,12-17,20H2,1-6H3/b21-11+/t23-,27+,28-,32+,33-/m0/s1. The van der Waals surface area contributed by atoms with Crippen molar-refractivity contribution < 1.29 is 28.5 Å². The number of carbonyl (C=O) groups is 2. The summed E-state index contributed by atoms with van der Waals surface area (Å²) in [5.74, 6) is 2.27. The van der Waals surface area contributed by atoms with E-state index in [2.05, 4.69) is 39.0 Å². The van der Waals surface area contributed by atoms with Crippen LogP contribution >= 0.6 is 0 Å². The average Bonchev–Trinajstić information content (AvgIpc) is 3.33. The lowest BCUT2D eigenvalue weighted by Gasteiger charge is -2.64. The highest BCUT2D eigenvalue weighted by Crippen LogP contribution is 2.69. The van der Waals surface area contributed by atoms with E-state index < -0.39 is 5.41 Å². The summed E-state index contributed by atoms with van der Waals surface area (Å²) >= 11 is 0. The van der Waals surface area contributed by atoms with Gasteiger partial charge in [0.1, 0.15) is 11.5 Å². The molecular formula is C33H44O6. The number of carbonyl (C=O) groups excluding carboxylic acids is 2. The molecule has 3 aliphatic carbocycles. The molecule has 6 heteroatoms. The number of hydrogen-bond acceptors (Lipinski definition) is 6. The van der Waals surface area contributed by atoms with Crippen molar-refractivity contribution in [2.24, 2.45) is 28.1 Å². The highest BCUT2D eigenvalue weighted by Gasteiger charge is 2.65. The molecule has 212 valence electrons. The normalized spacial score (nSPS) is 34.6. The van der Waals surface area contributed by atoms with Crippen molar-refractivity contribution in [3.05, 3.63) is 41.5 Å². The Kier molecular flexibility index (Phi) is 7.36. The van der Waals surface area contributed by atoms with E-state index in [1.165, 1.54) is 0 Å². The molecule has 1 aromatic carbocycles. The quantitative estimate of drug-likeness (QED) is 0.226. The number of methoxy groups -OCH3 is 3. The smallest absolute Gasteiger partial charge is 0.333 e. The first kappa shape index (κ1) is 27.8. The van der Waals surface area contributed by atoms with Crippen LogP contribution in [-0.4, -0.2) is 39.7 Å². The maximum Gasteiger partial charge on any atom is 0.333 e. The fourth-order valence-corrected chi connectivity index (χ4v) is 8.89. The van der Waals surface area contributed by atoms with Crippen LogP contribution in [0.3, 0.4) is 0 Å². The maximum atomic E-state index is 14.7. The number of hydrogen-bond donors (Lipinski definition) is 0. The molecule has 1 aromatic rings. The second-order valence-electron chi connectivity index (χ2n) is 12.9. The molecule has 2 saturated carbocycles. The maximum absolute atomic E-state index is 14.7. The summed E-state index contributed by atoms with van der Waals surface area (Å²) in [5, 5.41) is 0. The molecule has 1 aliphatic heterocycles. The molecule has 39 heavy (non-hydrogen) atoms. The number of ketones is 1. The van der Waals surface area contributed by atoms with Crippen LogP contribution in [0.15, 0.2) is 35.9 Å². The van der Waals surface area contributed by atoms with Crippen LogP contribution in [0.1, 0.15) is 83.6 Å². The summed E-state index contributed by atoms with van der Waals surface area (Å²) in [6.07, 6.45) is 13.5. The van der Waals surface area contributed by atoms with E-state index in [1.54, 1.807) is 21.3 Å². The number of allylic oxidation sites excluding steroid dienone is 3. The Morgan fingerprint density at radius 1 is 0.974 bits per heavy atom. The molecule has 0 amide bonds. The Hall–Kier alpha value is -2.76.